The Labute approximate surface area is 94.1 Å². The summed E-state index contributed by atoms with van der Waals surface area (Å²) < 4.78 is 0. The van der Waals surface area contributed by atoms with E-state index in [0.29, 0.717) is 10.8 Å². The van der Waals surface area contributed by atoms with Crippen molar-refractivity contribution in [3.8, 4) is 0 Å². The van der Waals surface area contributed by atoms with E-state index >= 15 is 0 Å². The normalized spacial score (nSPS) is 51.9. The first kappa shape index (κ1) is 9.93. The van der Waals surface area contributed by atoms with Gasteiger partial charge in [-0.3, -0.25) is 0 Å². The second kappa shape index (κ2) is 2.70. The standard InChI is InChI=1S/C15H24/c1-10-5-6-11-9-15(4)8-7-14(2,3)13(15)12(10)11/h11-13H,1,5-9H2,2-4H3/t11-,12?,13-,15-/m0/s1. The maximum Gasteiger partial charge on any atom is -0.0139 e. The molecule has 0 aromatic carbocycles. The van der Waals surface area contributed by atoms with Crippen LogP contribution in [0.25, 0.3) is 0 Å². The van der Waals surface area contributed by atoms with E-state index in [0.717, 1.165) is 17.8 Å². The van der Waals surface area contributed by atoms with E-state index in [2.05, 4.69) is 27.4 Å². The predicted molar refractivity (Wildman–Crippen MR) is 64.6 cm³/mol. The van der Waals surface area contributed by atoms with E-state index < -0.39 is 0 Å². The van der Waals surface area contributed by atoms with Crippen LogP contribution in [0, 0.1) is 28.6 Å². The molecule has 0 saturated heterocycles. The van der Waals surface area contributed by atoms with Crippen LogP contribution in [-0.2, 0) is 0 Å². The summed E-state index contributed by atoms with van der Waals surface area (Å²) in [6.07, 6.45) is 7.14. The number of allylic oxidation sites excluding steroid dienone is 1. The third kappa shape index (κ3) is 1.14. The molecule has 0 amide bonds. The van der Waals surface area contributed by atoms with Crippen LogP contribution in [0.15, 0.2) is 12.2 Å². The molecule has 15 heavy (non-hydrogen) atoms. The first-order valence-electron chi connectivity index (χ1n) is 6.62. The highest BCUT2D eigenvalue weighted by molar-refractivity contribution is 5.21. The zero-order chi connectivity index (χ0) is 10.8. The van der Waals surface area contributed by atoms with Crippen molar-refractivity contribution in [1.82, 2.24) is 0 Å². The number of rotatable bonds is 0. The number of hydrogen-bond acceptors (Lipinski definition) is 0. The van der Waals surface area contributed by atoms with Crippen LogP contribution in [0.5, 0.6) is 0 Å². The summed E-state index contributed by atoms with van der Waals surface area (Å²) in [6, 6.07) is 0. The summed E-state index contributed by atoms with van der Waals surface area (Å²) in [6.45, 7) is 11.9. The molecule has 3 saturated carbocycles. The Morgan fingerprint density at radius 2 is 1.93 bits per heavy atom. The van der Waals surface area contributed by atoms with Crippen molar-refractivity contribution in [3.63, 3.8) is 0 Å². The van der Waals surface area contributed by atoms with Gasteiger partial charge in [-0.05, 0) is 60.7 Å². The molecule has 3 aliphatic rings. The topological polar surface area (TPSA) is 0 Å². The molecular weight excluding hydrogens is 180 g/mol. The van der Waals surface area contributed by atoms with Crippen LogP contribution in [0.1, 0.15) is 52.9 Å². The number of fused-ring (bicyclic) bond motifs is 3. The highest BCUT2D eigenvalue weighted by atomic mass is 14.7. The van der Waals surface area contributed by atoms with Gasteiger partial charge < -0.3 is 0 Å². The van der Waals surface area contributed by atoms with Gasteiger partial charge >= 0.3 is 0 Å². The van der Waals surface area contributed by atoms with Crippen molar-refractivity contribution < 1.29 is 0 Å². The lowest BCUT2D eigenvalue weighted by molar-refractivity contribution is 0.146. The van der Waals surface area contributed by atoms with Crippen molar-refractivity contribution in [1.29, 1.82) is 0 Å². The Balaban J connectivity index is 2.02. The fraction of sp³-hybridized carbons (Fsp3) is 0.867. The van der Waals surface area contributed by atoms with Crippen LogP contribution in [0.3, 0.4) is 0 Å². The Morgan fingerprint density at radius 1 is 1.20 bits per heavy atom. The lowest BCUT2D eigenvalue weighted by Gasteiger charge is -2.36. The molecule has 4 atom stereocenters. The summed E-state index contributed by atoms with van der Waals surface area (Å²) in [5.74, 6) is 2.81. The van der Waals surface area contributed by atoms with Gasteiger partial charge in [-0.2, -0.15) is 0 Å². The van der Waals surface area contributed by atoms with Gasteiger partial charge in [-0.15, -0.1) is 0 Å². The van der Waals surface area contributed by atoms with Crippen LogP contribution in [0.2, 0.25) is 0 Å². The van der Waals surface area contributed by atoms with Gasteiger partial charge in [0.15, 0.2) is 0 Å². The smallest absolute Gasteiger partial charge is 0.0139 e. The molecule has 0 radical (unpaired) electrons. The minimum absolute atomic E-state index is 0.571. The van der Waals surface area contributed by atoms with Crippen LogP contribution >= 0.6 is 0 Å². The van der Waals surface area contributed by atoms with E-state index in [1.165, 1.54) is 32.1 Å². The highest BCUT2D eigenvalue weighted by Gasteiger charge is 2.61. The molecule has 0 nitrogen and oxygen atoms in total. The molecule has 0 heteroatoms. The lowest BCUT2D eigenvalue weighted by atomic mass is 9.68. The highest BCUT2D eigenvalue weighted by Crippen LogP contribution is 2.69. The average Bonchev–Trinajstić information content (AvgIpc) is 2.67. The zero-order valence-corrected chi connectivity index (χ0v) is 10.5. The van der Waals surface area contributed by atoms with Gasteiger partial charge in [0, 0.05) is 0 Å². The SMILES string of the molecule is C=C1CC[C@H]2C[C@]3(C)CCC(C)(C)[C@@H]3C12. The van der Waals surface area contributed by atoms with Gasteiger partial charge in [-0.1, -0.05) is 32.9 Å². The molecule has 1 unspecified atom stereocenters. The largest absolute Gasteiger partial charge is 0.0996 e. The molecule has 0 aromatic rings. The minimum Gasteiger partial charge on any atom is -0.0996 e. The molecule has 0 N–H and O–H groups in total. The number of hydrogen-bond donors (Lipinski definition) is 0. The first-order valence-corrected chi connectivity index (χ1v) is 6.62. The van der Waals surface area contributed by atoms with Crippen LogP contribution in [-0.4, -0.2) is 0 Å². The molecule has 84 valence electrons. The van der Waals surface area contributed by atoms with Gasteiger partial charge in [-0.25, -0.2) is 0 Å². The molecule has 3 fully saturated rings. The van der Waals surface area contributed by atoms with Crippen molar-refractivity contribution in [3.05, 3.63) is 12.2 Å². The molecule has 3 rings (SSSR count). The van der Waals surface area contributed by atoms with E-state index in [4.69, 9.17) is 0 Å². The summed E-state index contributed by atoms with van der Waals surface area (Å²) in [5.41, 5.74) is 2.81. The summed E-state index contributed by atoms with van der Waals surface area (Å²) in [4.78, 5) is 0. The van der Waals surface area contributed by atoms with E-state index in [1.807, 2.05) is 0 Å². The van der Waals surface area contributed by atoms with Gasteiger partial charge in [0.2, 0.25) is 0 Å². The van der Waals surface area contributed by atoms with Crippen LogP contribution in [0.4, 0.5) is 0 Å². The van der Waals surface area contributed by atoms with Crippen molar-refractivity contribution >= 4 is 0 Å². The summed E-state index contributed by atoms with van der Waals surface area (Å²) in [7, 11) is 0. The third-order valence-electron chi connectivity index (χ3n) is 5.84. The van der Waals surface area contributed by atoms with E-state index in [1.54, 1.807) is 5.57 Å². The van der Waals surface area contributed by atoms with Gasteiger partial charge in [0.25, 0.3) is 0 Å². The molecule has 0 aliphatic heterocycles. The zero-order valence-electron chi connectivity index (χ0n) is 10.5. The monoisotopic (exact) mass is 204 g/mol. The maximum atomic E-state index is 4.35. The Kier molecular flexibility index (Phi) is 1.79. The average molecular weight is 204 g/mol. The summed E-state index contributed by atoms with van der Waals surface area (Å²) >= 11 is 0. The predicted octanol–water partition coefficient (Wildman–Crippen LogP) is 4.42. The van der Waals surface area contributed by atoms with Gasteiger partial charge in [0.05, 0.1) is 0 Å². The third-order valence-corrected chi connectivity index (χ3v) is 5.84. The van der Waals surface area contributed by atoms with Gasteiger partial charge in [0.1, 0.15) is 0 Å². The van der Waals surface area contributed by atoms with Crippen molar-refractivity contribution in [2.24, 2.45) is 28.6 Å². The maximum absolute atomic E-state index is 4.35. The summed E-state index contributed by atoms with van der Waals surface area (Å²) in [5, 5.41) is 0. The van der Waals surface area contributed by atoms with Crippen LogP contribution < -0.4 is 0 Å². The fourth-order valence-corrected chi connectivity index (χ4v) is 5.40. The first-order chi connectivity index (χ1) is 6.94. The van der Waals surface area contributed by atoms with Crippen molar-refractivity contribution in [2.75, 3.05) is 0 Å². The minimum atomic E-state index is 0.571. The Hall–Kier alpha value is -0.260. The Bertz CT molecular complexity index is 312. The molecule has 0 spiro atoms. The van der Waals surface area contributed by atoms with Crippen molar-refractivity contribution in [2.45, 2.75) is 52.9 Å². The molecular formula is C15H24. The second-order valence-corrected chi connectivity index (χ2v) is 7.31. The second-order valence-electron chi connectivity index (χ2n) is 7.31. The molecule has 0 aromatic heterocycles. The molecule has 0 bridgehead atoms. The fourth-order valence-electron chi connectivity index (χ4n) is 5.40. The Morgan fingerprint density at radius 3 is 2.67 bits per heavy atom. The van der Waals surface area contributed by atoms with E-state index in [-0.39, 0.29) is 0 Å². The quantitative estimate of drug-likeness (QED) is 0.513. The molecule has 0 heterocycles. The molecule has 3 aliphatic carbocycles. The van der Waals surface area contributed by atoms with E-state index in [9.17, 15) is 0 Å². The lowest BCUT2D eigenvalue weighted by Crippen LogP contribution is -2.30.